The Bertz CT molecular complexity index is 1140. The molecule has 0 saturated heterocycles. The van der Waals surface area contributed by atoms with Gasteiger partial charge in [-0.2, -0.15) is 5.10 Å². The number of benzene rings is 1. The highest BCUT2D eigenvalue weighted by Crippen LogP contribution is 2.23. The van der Waals surface area contributed by atoms with Crippen LogP contribution < -0.4 is 5.32 Å². The minimum atomic E-state index is -0.286. The Morgan fingerprint density at radius 3 is 2.60 bits per heavy atom. The number of anilines is 1. The normalized spacial score (nSPS) is 11.4. The Kier molecular flexibility index (Phi) is 5.41. The molecule has 4 aromatic rings. The van der Waals surface area contributed by atoms with Crippen molar-refractivity contribution in [3.8, 4) is 10.7 Å². The van der Waals surface area contributed by atoms with Crippen molar-refractivity contribution in [1.82, 2.24) is 24.7 Å². The number of nitrogens with one attached hydrogen (secondary N) is 1. The predicted octanol–water partition coefficient (Wildman–Crippen LogP) is 4.39. The van der Waals surface area contributed by atoms with Crippen LogP contribution in [0.1, 0.15) is 42.4 Å². The summed E-state index contributed by atoms with van der Waals surface area (Å²) in [6.45, 7) is 7.14. The SMILES string of the molecule is CC(C)(C)c1ccc(Cn2nccc2NC(=O)c2csc(-c3cnccn3)n2)cc1. The summed E-state index contributed by atoms with van der Waals surface area (Å²) in [7, 11) is 0. The van der Waals surface area contributed by atoms with E-state index in [1.165, 1.54) is 16.9 Å². The quantitative estimate of drug-likeness (QED) is 0.519. The van der Waals surface area contributed by atoms with E-state index in [-0.39, 0.29) is 11.3 Å². The first-order chi connectivity index (χ1) is 14.4. The summed E-state index contributed by atoms with van der Waals surface area (Å²) in [5.41, 5.74) is 3.48. The van der Waals surface area contributed by atoms with Crippen molar-refractivity contribution in [3.05, 3.63) is 77.3 Å². The summed E-state index contributed by atoms with van der Waals surface area (Å²) in [6, 6.07) is 10.3. The van der Waals surface area contributed by atoms with E-state index in [0.717, 1.165) is 5.56 Å². The molecule has 0 aliphatic carbocycles. The van der Waals surface area contributed by atoms with Gasteiger partial charge in [-0.1, -0.05) is 45.0 Å². The maximum absolute atomic E-state index is 12.7. The van der Waals surface area contributed by atoms with Crippen LogP contribution in [0.5, 0.6) is 0 Å². The molecular formula is C22H22N6OS. The van der Waals surface area contributed by atoms with Gasteiger partial charge in [0.05, 0.1) is 18.9 Å². The number of carbonyl (C=O) groups excluding carboxylic acids is 1. The molecule has 152 valence electrons. The molecule has 4 rings (SSSR count). The first-order valence-electron chi connectivity index (χ1n) is 9.55. The van der Waals surface area contributed by atoms with Crippen LogP contribution in [0.15, 0.2) is 60.5 Å². The Morgan fingerprint density at radius 2 is 1.90 bits per heavy atom. The van der Waals surface area contributed by atoms with Crippen molar-refractivity contribution in [3.63, 3.8) is 0 Å². The summed E-state index contributed by atoms with van der Waals surface area (Å²) >= 11 is 1.36. The minimum Gasteiger partial charge on any atom is -0.305 e. The number of thiazole rings is 1. The number of hydrogen-bond acceptors (Lipinski definition) is 6. The Hall–Kier alpha value is -3.39. The van der Waals surface area contributed by atoms with Gasteiger partial charge in [-0.3, -0.25) is 14.8 Å². The maximum atomic E-state index is 12.7. The van der Waals surface area contributed by atoms with Crippen LogP contribution in [0.25, 0.3) is 10.7 Å². The fraction of sp³-hybridized carbons (Fsp3) is 0.227. The molecule has 0 fully saturated rings. The van der Waals surface area contributed by atoms with Crippen LogP contribution in [-0.2, 0) is 12.0 Å². The number of carbonyl (C=O) groups is 1. The molecule has 1 N–H and O–H groups in total. The third-order valence-electron chi connectivity index (χ3n) is 4.63. The number of amides is 1. The number of hydrogen-bond donors (Lipinski definition) is 1. The second-order valence-electron chi connectivity index (χ2n) is 7.90. The lowest BCUT2D eigenvalue weighted by atomic mass is 9.87. The molecule has 0 atom stereocenters. The topological polar surface area (TPSA) is 85.6 Å². The average Bonchev–Trinajstić information content (AvgIpc) is 3.39. The van der Waals surface area contributed by atoms with Crippen LogP contribution in [0.4, 0.5) is 5.82 Å². The number of rotatable bonds is 5. The first kappa shape index (κ1) is 19.9. The van der Waals surface area contributed by atoms with E-state index in [0.29, 0.717) is 28.8 Å². The van der Waals surface area contributed by atoms with Gasteiger partial charge in [0.15, 0.2) is 0 Å². The predicted molar refractivity (Wildman–Crippen MR) is 118 cm³/mol. The highest BCUT2D eigenvalue weighted by atomic mass is 32.1. The van der Waals surface area contributed by atoms with Gasteiger partial charge in [0.2, 0.25) is 0 Å². The van der Waals surface area contributed by atoms with E-state index < -0.39 is 0 Å². The van der Waals surface area contributed by atoms with Crippen molar-refractivity contribution in [1.29, 1.82) is 0 Å². The summed E-state index contributed by atoms with van der Waals surface area (Å²) in [5, 5.41) is 9.61. The lowest BCUT2D eigenvalue weighted by molar-refractivity contribution is 0.102. The molecule has 30 heavy (non-hydrogen) atoms. The van der Waals surface area contributed by atoms with Crippen molar-refractivity contribution in [2.75, 3.05) is 5.32 Å². The van der Waals surface area contributed by atoms with E-state index in [9.17, 15) is 4.79 Å². The molecule has 3 aromatic heterocycles. The molecule has 0 aliphatic rings. The first-order valence-corrected chi connectivity index (χ1v) is 10.4. The molecule has 1 aromatic carbocycles. The lowest BCUT2D eigenvalue weighted by Crippen LogP contribution is -2.16. The summed E-state index contributed by atoms with van der Waals surface area (Å²) in [5.74, 6) is 0.333. The lowest BCUT2D eigenvalue weighted by Gasteiger charge is -2.19. The van der Waals surface area contributed by atoms with Gasteiger partial charge >= 0.3 is 0 Å². The third kappa shape index (κ3) is 4.44. The van der Waals surface area contributed by atoms with Crippen LogP contribution in [0.2, 0.25) is 0 Å². The fourth-order valence-electron chi connectivity index (χ4n) is 2.93. The van der Waals surface area contributed by atoms with Crippen molar-refractivity contribution in [2.24, 2.45) is 0 Å². The van der Waals surface area contributed by atoms with Gasteiger partial charge in [0.1, 0.15) is 22.2 Å². The van der Waals surface area contributed by atoms with Crippen molar-refractivity contribution >= 4 is 23.1 Å². The molecule has 0 unspecified atom stereocenters. The molecule has 7 nitrogen and oxygen atoms in total. The van der Waals surface area contributed by atoms with Gasteiger partial charge in [-0.15, -0.1) is 11.3 Å². The van der Waals surface area contributed by atoms with E-state index in [4.69, 9.17) is 0 Å². The Balaban J connectivity index is 1.46. The largest absolute Gasteiger partial charge is 0.305 e. The smallest absolute Gasteiger partial charge is 0.276 e. The zero-order chi connectivity index (χ0) is 21.1. The highest BCUT2D eigenvalue weighted by Gasteiger charge is 2.16. The van der Waals surface area contributed by atoms with Gasteiger partial charge in [0.25, 0.3) is 5.91 Å². The zero-order valence-electron chi connectivity index (χ0n) is 17.0. The number of nitrogens with zero attached hydrogens (tertiary/aromatic N) is 5. The molecule has 0 saturated carbocycles. The van der Waals surface area contributed by atoms with Crippen LogP contribution in [0, 0.1) is 0 Å². The van der Waals surface area contributed by atoms with Gasteiger partial charge in [-0.05, 0) is 16.5 Å². The minimum absolute atomic E-state index is 0.112. The molecule has 0 radical (unpaired) electrons. The maximum Gasteiger partial charge on any atom is 0.276 e. The zero-order valence-corrected chi connectivity index (χ0v) is 17.8. The molecule has 8 heteroatoms. The van der Waals surface area contributed by atoms with Crippen LogP contribution >= 0.6 is 11.3 Å². The standard InChI is InChI=1S/C22H22N6OS/c1-22(2,3)16-6-4-15(5-7-16)13-28-19(8-9-25-28)27-20(29)18-14-30-21(26-18)17-12-23-10-11-24-17/h4-12,14H,13H2,1-3H3,(H,27,29). The molecule has 0 aliphatic heterocycles. The third-order valence-corrected chi connectivity index (χ3v) is 5.49. The van der Waals surface area contributed by atoms with Gasteiger partial charge in [-0.25, -0.2) is 9.67 Å². The highest BCUT2D eigenvalue weighted by molar-refractivity contribution is 7.13. The van der Waals surface area contributed by atoms with Gasteiger partial charge in [0, 0.05) is 23.8 Å². The van der Waals surface area contributed by atoms with Crippen LogP contribution in [0.3, 0.4) is 0 Å². The van der Waals surface area contributed by atoms with E-state index in [1.54, 1.807) is 40.9 Å². The molecule has 0 bridgehead atoms. The van der Waals surface area contributed by atoms with Crippen LogP contribution in [-0.4, -0.2) is 30.6 Å². The second-order valence-corrected chi connectivity index (χ2v) is 8.76. The number of aromatic nitrogens is 5. The second kappa shape index (κ2) is 8.16. The van der Waals surface area contributed by atoms with E-state index in [1.807, 2.05) is 0 Å². The van der Waals surface area contributed by atoms with E-state index in [2.05, 4.69) is 70.4 Å². The molecule has 1 amide bonds. The van der Waals surface area contributed by atoms with E-state index >= 15 is 0 Å². The summed E-state index contributed by atoms with van der Waals surface area (Å²) in [6.07, 6.45) is 6.50. The summed E-state index contributed by atoms with van der Waals surface area (Å²) < 4.78 is 1.76. The van der Waals surface area contributed by atoms with Crippen molar-refractivity contribution < 1.29 is 4.79 Å². The van der Waals surface area contributed by atoms with Gasteiger partial charge < -0.3 is 5.32 Å². The monoisotopic (exact) mass is 418 g/mol. The molecule has 3 heterocycles. The average molecular weight is 419 g/mol. The summed E-state index contributed by atoms with van der Waals surface area (Å²) in [4.78, 5) is 25.3. The Labute approximate surface area is 178 Å². The Morgan fingerprint density at radius 1 is 1.10 bits per heavy atom. The molecule has 0 spiro atoms. The fourth-order valence-corrected chi connectivity index (χ4v) is 3.69. The van der Waals surface area contributed by atoms with Crippen molar-refractivity contribution in [2.45, 2.75) is 32.7 Å². The molecular weight excluding hydrogens is 396 g/mol.